The Morgan fingerprint density at radius 1 is 1.35 bits per heavy atom. The molecular weight excluding hydrogens is 259 g/mol. The Morgan fingerprint density at radius 3 is 2.85 bits per heavy atom. The van der Waals surface area contributed by atoms with Gasteiger partial charge in [-0.1, -0.05) is 0 Å². The zero-order valence-electron chi connectivity index (χ0n) is 10.8. The molecule has 2 heterocycles. The summed E-state index contributed by atoms with van der Waals surface area (Å²) in [6, 6.07) is 7.84. The van der Waals surface area contributed by atoms with Gasteiger partial charge in [0, 0.05) is 12.6 Å². The standard InChI is InChI=1S/C14H15FN4O/c15-11-3-1-9(2-4-11)12-7-13(19-18-12)17-14(20)10-5-6-16-8-10/h1-4,7,10,16H,5-6,8H2,(H2,17,18,19,20)/t10-/m0/s1. The topological polar surface area (TPSA) is 69.8 Å². The van der Waals surface area contributed by atoms with Crippen molar-refractivity contribution in [2.45, 2.75) is 6.42 Å². The van der Waals surface area contributed by atoms with Crippen LogP contribution >= 0.6 is 0 Å². The van der Waals surface area contributed by atoms with Crippen molar-refractivity contribution in [3.8, 4) is 11.3 Å². The molecule has 1 aromatic heterocycles. The molecule has 0 spiro atoms. The van der Waals surface area contributed by atoms with E-state index in [0.29, 0.717) is 12.4 Å². The van der Waals surface area contributed by atoms with Gasteiger partial charge in [-0.05, 0) is 42.8 Å². The van der Waals surface area contributed by atoms with E-state index >= 15 is 0 Å². The Bertz CT molecular complexity index is 602. The van der Waals surface area contributed by atoms with Gasteiger partial charge in [-0.15, -0.1) is 0 Å². The average Bonchev–Trinajstić information content (AvgIpc) is 3.10. The number of halogens is 1. The molecule has 1 aliphatic rings. The van der Waals surface area contributed by atoms with Crippen LogP contribution in [0.1, 0.15) is 6.42 Å². The predicted molar refractivity (Wildman–Crippen MR) is 73.6 cm³/mol. The van der Waals surface area contributed by atoms with Crippen LogP contribution in [0.15, 0.2) is 30.3 Å². The van der Waals surface area contributed by atoms with Gasteiger partial charge < -0.3 is 10.6 Å². The summed E-state index contributed by atoms with van der Waals surface area (Å²) >= 11 is 0. The molecule has 1 aliphatic heterocycles. The Balaban J connectivity index is 1.70. The molecule has 1 atom stereocenters. The number of H-pyrrole nitrogens is 1. The summed E-state index contributed by atoms with van der Waals surface area (Å²) in [5.41, 5.74) is 1.56. The van der Waals surface area contributed by atoms with Crippen molar-refractivity contribution in [3.63, 3.8) is 0 Å². The molecule has 0 saturated carbocycles. The van der Waals surface area contributed by atoms with Crippen LogP contribution in [0, 0.1) is 11.7 Å². The second-order valence-electron chi connectivity index (χ2n) is 4.85. The normalized spacial score (nSPS) is 18.1. The van der Waals surface area contributed by atoms with Crippen LogP contribution < -0.4 is 10.6 Å². The minimum Gasteiger partial charge on any atom is -0.316 e. The van der Waals surface area contributed by atoms with Crippen molar-refractivity contribution in [3.05, 3.63) is 36.1 Å². The molecule has 1 aromatic carbocycles. The summed E-state index contributed by atoms with van der Waals surface area (Å²) < 4.78 is 12.9. The van der Waals surface area contributed by atoms with Crippen LogP contribution in [0.2, 0.25) is 0 Å². The quantitative estimate of drug-likeness (QED) is 0.799. The lowest BCUT2D eigenvalue weighted by Gasteiger charge is -2.06. The minimum absolute atomic E-state index is 0.000899. The number of carbonyl (C=O) groups is 1. The second kappa shape index (κ2) is 5.42. The van der Waals surface area contributed by atoms with Gasteiger partial charge in [0.2, 0.25) is 5.91 Å². The van der Waals surface area contributed by atoms with E-state index in [-0.39, 0.29) is 17.6 Å². The SMILES string of the molecule is O=C(Nc1cc(-c2ccc(F)cc2)[nH]n1)[C@H]1CCNC1. The predicted octanol–water partition coefficient (Wildman–Crippen LogP) is 1.76. The Labute approximate surface area is 115 Å². The number of rotatable bonds is 3. The highest BCUT2D eigenvalue weighted by Crippen LogP contribution is 2.20. The largest absolute Gasteiger partial charge is 0.316 e. The second-order valence-corrected chi connectivity index (χ2v) is 4.85. The van der Waals surface area contributed by atoms with Crippen LogP contribution in [-0.2, 0) is 4.79 Å². The van der Waals surface area contributed by atoms with Crippen molar-refractivity contribution in [2.24, 2.45) is 5.92 Å². The van der Waals surface area contributed by atoms with Crippen molar-refractivity contribution < 1.29 is 9.18 Å². The van der Waals surface area contributed by atoms with Gasteiger partial charge >= 0.3 is 0 Å². The number of carbonyl (C=O) groups excluding carboxylic acids is 1. The molecule has 0 bridgehead atoms. The zero-order valence-corrected chi connectivity index (χ0v) is 10.8. The van der Waals surface area contributed by atoms with E-state index in [2.05, 4.69) is 20.8 Å². The molecule has 3 rings (SSSR count). The van der Waals surface area contributed by atoms with E-state index in [9.17, 15) is 9.18 Å². The molecular formula is C14H15FN4O. The molecule has 1 amide bonds. The number of anilines is 1. The van der Waals surface area contributed by atoms with Crippen molar-refractivity contribution in [1.29, 1.82) is 0 Å². The van der Waals surface area contributed by atoms with Crippen LogP contribution in [-0.4, -0.2) is 29.2 Å². The summed E-state index contributed by atoms with van der Waals surface area (Å²) in [7, 11) is 0. The van der Waals surface area contributed by atoms with Gasteiger partial charge in [-0.25, -0.2) is 4.39 Å². The van der Waals surface area contributed by atoms with Gasteiger partial charge in [-0.3, -0.25) is 9.89 Å². The number of nitrogens with zero attached hydrogens (tertiary/aromatic N) is 1. The molecule has 2 aromatic rings. The molecule has 0 unspecified atom stereocenters. The maximum Gasteiger partial charge on any atom is 0.230 e. The number of aromatic amines is 1. The van der Waals surface area contributed by atoms with Crippen molar-refractivity contribution in [2.75, 3.05) is 18.4 Å². The monoisotopic (exact) mass is 274 g/mol. The van der Waals surface area contributed by atoms with Gasteiger partial charge in [0.25, 0.3) is 0 Å². The summed E-state index contributed by atoms with van der Waals surface area (Å²) in [6.07, 6.45) is 0.848. The molecule has 1 fully saturated rings. The molecule has 0 aliphatic carbocycles. The van der Waals surface area contributed by atoms with Crippen molar-refractivity contribution in [1.82, 2.24) is 15.5 Å². The van der Waals surface area contributed by atoms with Gasteiger partial charge in [0.1, 0.15) is 5.82 Å². The number of hydrogen-bond acceptors (Lipinski definition) is 3. The Hall–Kier alpha value is -2.21. The fraction of sp³-hybridized carbons (Fsp3) is 0.286. The van der Waals surface area contributed by atoms with Crippen LogP contribution in [0.5, 0.6) is 0 Å². The first-order valence-corrected chi connectivity index (χ1v) is 6.55. The highest BCUT2D eigenvalue weighted by Gasteiger charge is 2.22. The lowest BCUT2D eigenvalue weighted by Crippen LogP contribution is -2.24. The average molecular weight is 274 g/mol. The first-order valence-electron chi connectivity index (χ1n) is 6.55. The fourth-order valence-corrected chi connectivity index (χ4v) is 2.27. The zero-order chi connectivity index (χ0) is 13.9. The number of amides is 1. The molecule has 3 N–H and O–H groups in total. The van der Waals surface area contributed by atoms with Gasteiger partial charge in [-0.2, -0.15) is 5.10 Å². The van der Waals surface area contributed by atoms with Crippen LogP contribution in [0.3, 0.4) is 0 Å². The third kappa shape index (κ3) is 2.70. The summed E-state index contributed by atoms with van der Waals surface area (Å²) in [5, 5.41) is 12.8. The smallest absolute Gasteiger partial charge is 0.230 e. The fourth-order valence-electron chi connectivity index (χ4n) is 2.27. The molecule has 20 heavy (non-hydrogen) atoms. The van der Waals surface area contributed by atoms with Crippen LogP contribution in [0.25, 0.3) is 11.3 Å². The first kappa shape index (κ1) is 12.8. The minimum atomic E-state index is -0.282. The third-order valence-electron chi connectivity index (χ3n) is 3.42. The molecule has 6 heteroatoms. The third-order valence-corrected chi connectivity index (χ3v) is 3.42. The highest BCUT2D eigenvalue weighted by atomic mass is 19.1. The number of benzene rings is 1. The number of hydrogen-bond donors (Lipinski definition) is 3. The lowest BCUT2D eigenvalue weighted by atomic mass is 10.1. The molecule has 1 saturated heterocycles. The van der Waals surface area contributed by atoms with E-state index in [1.54, 1.807) is 18.2 Å². The van der Waals surface area contributed by atoms with Gasteiger partial charge in [0.15, 0.2) is 5.82 Å². The van der Waals surface area contributed by atoms with E-state index in [0.717, 1.165) is 24.2 Å². The van der Waals surface area contributed by atoms with Gasteiger partial charge in [0.05, 0.1) is 11.6 Å². The lowest BCUT2D eigenvalue weighted by molar-refractivity contribution is -0.119. The van der Waals surface area contributed by atoms with E-state index in [1.165, 1.54) is 12.1 Å². The maximum atomic E-state index is 12.9. The Morgan fingerprint density at radius 2 is 2.15 bits per heavy atom. The van der Waals surface area contributed by atoms with Crippen LogP contribution in [0.4, 0.5) is 10.2 Å². The van der Waals surface area contributed by atoms with Crippen molar-refractivity contribution >= 4 is 11.7 Å². The summed E-state index contributed by atoms with van der Waals surface area (Å²) in [4.78, 5) is 12.0. The molecule has 104 valence electrons. The highest BCUT2D eigenvalue weighted by molar-refractivity contribution is 5.92. The number of aromatic nitrogens is 2. The Kier molecular flexibility index (Phi) is 3.47. The molecule has 5 nitrogen and oxygen atoms in total. The van der Waals surface area contributed by atoms with E-state index in [1.807, 2.05) is 0 Å². The molecule has 0 radical (unpaired) electrons. The number of nitrogens with one attached hydrogen (secondary N) is 3. The van der Waals surface area contributed by atoms with E-state index < -0.39 is 0 Å². The first-order chi connectivity index (χ1) is 9.72. The maximum absolute atomic E-state index is 12.9. The summed E-state index contributed by atoms with van der Waals surface area (Å²) in [6.45, 7) is 1.58. The summed E-state index contributed by atoms with van der Waals surface area (Å²) in [5.74, 6) is 0.185. The van der Waals surface area contributed by atoms with E-state index in [4.69, 9.17) is 0 Å².